The first-order valence-electron chi connectivity index (χ1n) is 8.80. The zero-order chi connectivity index (χ0) is 21.1. The maximum absolute atomic E-state index is 10.2. The summed E-state index contributed by atoms with van der Waals surface area (Å²) in [5, 5.41) is 68.5. The number of aromatic hydroxyl groups is 3. The summed E-state index contributed by atoms with van der Waals surface area (Å²) in [6.45, 7) is -0.635. The molecule has 0 radical (unpaired) electrons. The summed E-state index contributed by atoms with van der Waals surface area (Å²) in [5.41, 5.74) is 1.22. The van der Waals surface area contributed by atoms with Crippen molar-refractivity contribution in [2.24, 2.45) is 0 Å². The van der Waals surface area contributed by atoms with Gasteiger partial charge in [0.2, 0.25) is 12.0 Å². The molecule has 1 heterocycles. The molecule has 0 aliphatic carbocycles. The summed E-state index contributed by atoms with van der Waals surface area (Å²) in [6, 6.07) is 9.01. The molecular weight excluding hydrogens is 384 g/mol. The standard InChI is InChI=1S/C20H22O9/c21-9-15-16(25)17(26)18(27)20(28-15)29-19-13(23)7-11(8-14(19)24)2-1-10-3-5-12(22)6-4-10/h1-8,15-18,20-27H,9H2/b2-1+/t15-,16-,17+,18-,20+/m1/s1. The van der Waals surface area contributed by atoms with Gasteiger partial charge in [-0.05, 0) is 35.4 Å². The molecule has 0 saturated carbocycles. The third-order valence-electron chi connectivity index (χ3n) is 4.52. The average molecular weight is 406 g/mol. The normalized spacial score (nSPS) is 27.2. The molecule has 2 aromatic rings. The largest absolute Gasteiger partial charge is 0.508 e. The second-order valence-corrected chi connectivity index (χ2v) is 6.63. The van der Waals surface area contributed by atoms with Crippen LogP contribution < -0.4 is 4.74 Å². The van der Waals surface area contributed by atoms with Gasteiger partial charge in [0.15, 0.2) is 11.5 Å². The van der Waals surface area contributed by atoms with E-state index in [4.69, 9.17) is 9.47 Å². The molecule has 5 atom stereocenters. The van der Waals surface area contributed by atoms with Gasteiger partial charge in [0.05, 0.1) is 6.61 Å². The molecule has 29 heavy (non-hydrogen) atoms. The van der Waals surface area contributed by atoms with Crippen LogP contribution >= 0.6 is 0 Å². The van der Waals surface area contributed by atoms with E-state index in [1.54, 1.807) is 24.3 Å². The molecule has 0 aromatic heterocycles. The van der Waals surface area contributed by atoms with Crippen molar-refractivity contribution in [2.45, 2.75) is 30.7 Å². The van der Waals surface area contributed by atoms with E-state index in [2.05, 4.69) is 0 Å². The van der Waals surface area contributed by atoms with Gasteiger partial charge in [-0.15, -0.1) is 0 Å². The van der Waals surface area contributed by atoms with E-state index in [9.17, 15) is 35.7 Å². The number of rotatable bonds is 5. The van der Waals surface area contributed by atoms with Gasteiger partial charge in [-0.2, -0.15) is 0 Å². The topological polar surface area (TPSA) is 160 Å². The predicted octanol–water partition coefficient (Wildman–Crippen LogP) is 0.152. The van der Waals surface area contributed by atoms with Crippen LogP contribution in [0.5, 0.6) is 23.0 Å². The van der Waals surface area contributed by atoms with Crippen LogP contribution in [0.3, 0.4) is 0 Å². The van der Waals surface area contributed by atoms with Crippen molar-refractivity contribution in [1.82, 2.24) is 0 Å². The SMILES string of the molecule is OC[C@H]1O[C@@H](Oc2c(O)cc(/C=C/c3ccc(O)cc3)cc2O)[C@H](O)[C@@H](O)[C@@H]1O. The van der Waals surface area contributed by atoms with Crippen molar-refractivity contribution in [1.29, 1.82) is 0 Å². The molecule has 0 amide bonds. The van der Waals surface area contributed by atoms with Crippen molar-refractivity contribution in [2.75, 3.05) is 6.61 Å². The van der Waals surface area contributed by atoms with Crippen LogP contribution in [-0.2, 0) is 4.74 Å². The van der Waals surface area contributed by atoms with Crippen LogP contribution in [0.4, 0.5) is 0 Å². The average Bonchev–Trinajstić information content (AvgIpc) is 2.70. The lowest BCUT2D eigenvalue weighted by molar-refractivity contribution is -0.277. The van der Waals surface area contributed by atoms with E-state index in [0.717, 1.165) is 5.56 Å². The van der Waals surface area contributed by atoms with Crippen LogP contribution in [0, 0.1) is 0 Å². The zero-order valence-electron chi connectivity index (χ0n) is 15.2. The molecule has 2 aromatic carbocycles. The molecule has 1 fully saturated rings. The second kappa shape index (κ2) is 8.68. The fraction of sp³-hybridized carbons (Fsp3) is 0.300. The quantitative estimate of drug-likeness (QED) is 0.343. The summed E-state index contributed by atoms with van der Waals surface area (Å²) in [4.78, 5) is 0. The molecule has 9 nitrogen and oxygen atoms in total. The minimum absolute atomic E-state index is 0.132. The van der Waals surface area contributed by atoms with E-state index < -0.39 is 54.6 Å². The summed E-state index contributed by atoms with van der Waals surface area (Å²) in [6.07, 6.45) is -4.29. The van der Waals surface area contributed by atoms with E-state index in [1.165, 1.54) is 24.3 Å². The molecule has 156 valence electrons. The molecule has 7 N–H and O–H groups in total. The lowest BCUT2D eigenvalue weighted by Gasteiger charge is -2.39. The Labute approximate surface area is 165 Å². The molecule has 0 bridgehead atoms. The van der Waals surface area contributed by atoms with E-state index >= 15 is 0 Å². The number of hydrogen-bond acceptors (Lipinski definition) is 9. The molecule has 3 rings (SSSR count). The fourth-order valence-electron chi connectivity index (χ4n) is 2.90. The minimum atomic E-state index is -1.68. The Balaban J connectivity index is 1.78. The number of hydrogen-bond donors (Lipinski definition) is 7. The molecule has 0 spiro atoms. The minimum Gasteiger partial charge on any atom is -0.508 e. The Kier molecular flexibility index (Phi) is 6.26. The van der Waals surface area contributed by atoms with Gasteiger partial charge >= 0.3 is 0 Å². The zero-order valence-corrected chi connectivity index (χ0v) is 15.2. The number of benzene rings is 2. The van der Waals surface area contributed by atoms with Crippen LogP contribution in [-0.4, -0.2) is 73.1 Å². The summed E-state index contributed by atoms with van der Waals surface area (Å²) in [7, 11) is 0. The van der Waals surface area contributed by atoms with Gasteiger partial charge < -0.3 is 45.2 Å². The third-order valence-corrected chi connectivity index (χ3v) is 4.52. The Bertz CT molecular complexity index is 840. The maximum atomic E-state index is 10.2. The maximum Gasteiger partial charge on any atom is 0.229 e. The summed E-state index contributed by atoms with van der Waals surface area (Å²) < 4.78 is 10.5. The van der Waals surface area contributed by atoms with Crippen LogP contribution in [0.15, 0.2) is 36.4 Å². The van der Waals surface area contributed by atoms with Gasteiger partial charge in [-0.1, -0.05) is 24.3 Å². The van der Waals surface area contributed by atoms with Gasteiger partial charge in [0.1, 0.15) is 30.2 Å². The highest BCUT2D eigenvalue weighted by molar-refractivity contribution is 5.72. The van der Waals surface area contributed by atoms with Gasteiger partial charge in [-0.3, -0.25) is 0 Å². The smallest absolute Gasteiger partial charge is 0.229 e. The van der Waals surface area contributed by atoms with Crippen molar-refractivity contribution >= 4 is 12.2 Å². The summed E-state index contributed by atoms with van der Waals surface area (Å²) >= 11 is 0. The van der Waals surface area contributed by atoms with Crippen molar-refractivity contribution in [3.8, 4) is 23.0 Å². The molecule has 1 aliphatic rings. The number of ether oxygens (including phenoxy) is 2. The van der Waals surface area contributed by atoms with Crippen LogP contribution in [0.25, 0.3) is 12.2 Å². The molecule has 1 saturated heterocycles. The lowest BCUT2D eigenvalue weighted by Crippen LogP contribution is -2.60. The van der Waals surface area contributed by atoms with E-state index in [0.29, 0.717) is 5.56 Å². The Morgan fingerprint density at radius 3 is 2.00 bits per heavy atom. The van der Waals surface area contributed by atoms with Crippen LogP contribution in [0.2, 0.25) is 0 Å². The lowest BCUT2D eigenvalue weighted by atomic mass is 9.99. The van der Waals surface area contributed by atoms with Crippen molar-refractivity contribution < 1.29 is 45.2 Å². The first kappa shape index (κ1) is 20.9. The Morgan fingerprint density at radius 2 is 1.41 bits per heavy atom. The molecule has 1 aliphatic heterocycles. The van der Waals surface area contributed by atoms with Crippen molar-refractivity contribution in [3.63, 3.8) is 0 Å². The number of aliphatic hydroxyl groups excluding tert-OH is 4. The number of aliphatic hydroxyl groups is 4. The molecule has 0 unspecified atom stereocenters. The molecular formula is C20H22O9. The van der Waals surface area contributed by atoms with Crippen molar-refractivity contribution in [3.05, 3.63) is 47.5 Å². The Morgan fingerprint density at radius 1 is 0.828 bits per heavy atom. The summed E-state index contributed by atoms with van der Waals surface area (Å²) in [5.74, 6) is -1.16. The Hall–Kier alpha value is -2.82. The van der Waals surface area contributed by atoms with Gasteiger partial charge in [0, 0.05) is 0 Å². The second-order valence-electron chi connectivity index (χ2n) is 6.63. The van der Waals surface area contributed by atoms with Gasteiger partial charge in [-0.25, -0.2) is 0 Å². The fourth-order valence-corrected chi connectivity index (χ4v) is 2.90. The first-order valence-corrected chi connectivity index (χ1v) is 8.80. The van der Waals surface area contributed by atoms with Gasteiger partial charge in [0.25, 0.3) is 0 Å². The van der Waals surface area contributed by atoms with Crippen LogP contribution in [0.1, 0.15) is 11.1 Å². The van der Waals surface area contributed by atoms with E-state index in [-0.39, 0.29) is 5.75 Å². The first-order chi connectivity index (χ1) is 13.8. The molecule has 9 heteroatoms. The van der Waals surface area contributed by atoms with E-state index in [1.807, 2.05) is 0 Å². The third kappa shape index (κ3) is 4.61. The highest BCUT2D eigenvalue weighted by Crippen LogP contribution is 2.39. The monoisotopic (exact) mass is 406 g/mol. The number of phenolic OH excluding ortho intramolecular Hbond substituents is 3. The number of phenols is 3. The predicted molar refractivity (Wildman–Crippen MR) is 101 cm³/mol. The highest BCUT2D eigenvalue weighted by atomic mass is 16.7. The highest BCUT2D eigenvalue weighted by Gasteiger charge is 2.45.